The van der Waals surface area contributed by atoms with Crippen LogP contribution in [0.3, 0.4) is 0 Å². The molecule has 112 valence electrons. The van der Waals surface area contributed by atoms with Crippen LogP contribution < -0.4 is 5.32 Å². The fourth-order valence-electron chi connectivity index (χ4n) is 3.46. The van der Waals surface area contributed by atoms with Crippen molar-refractivity contribution in [3.63, 3.8) is 0 Å². The third-order valence-corrected chi connectivity index (χ3v) is 4.58. The number of methoxy groups -OCH3 is 1. The van der Waals surface area contributed by atoms with E-state index >= 15 is 0 Å². The molecule has 0 saturated heterocycles. The number of carbonyl (C=O) groups excluding carboxylic acids is 2. The summed E-state index contributed by atoms with van der Waals surface area (Å²) in [6.07, 6.45) is 0.748. The normalized spacial score (nSPS) is 27.0. The predicted molar refractivity (Wildman–Crippen MR) is 75.5 cm³/mol. The first kappa shape index (κ1) is 14.1. The highest BCUT2D eigenvalue weighted by Crippen LogP contribution is 2.59. The summed E-state index contributed by atoms with van der Waals surface area (Å²) in [7, 11) is 1.21. The minimum absolute atomic E-state index is 0.0292. The predicted octanol–water partition coefficient (Wildman–Crippen LogP) is 0.612. The monoisotopic (exact) mass is 289 g/mol. The second-order valence-corrected chi connectivity index (χ2v) is 5.74. The van der Waals surface area contributed by atoms with Crippen LogP contribution in [0.25, 0.3) is 0 Å². The first-order valence-corrected chi connectivity index (χ1v) is 7.25. The molecular weight excluding hydrogens is 270 g/mol. The summed E-state index contributed by atoms with van der Waals surface area (Å²) in [5.74, 6) is -0.141. The quantitative estimate of drug-likeness (QED) is 0.797. The number of amides is 1. The lowest BCUT2D eigenvalue weighted by Gasteiger charge is -2.13. The molecule has 0 spiro atoms. The molecule has 1 fully saturated rings. The van der Waals surface area contributed by atoms with Gasteiger partial charge in [0.15, 0.2) is 6.10 Å². The molecule has 0 bridgehead atoms. The summed E-state index contributed by atoms with van der Waals surface area (Å²) in [5, 5.41) is 12.2. The largest absolute Gasteiger partial charge is 0.467 e. The zero-order valence-electron chi connectivity index (χ0n) is 11.9. The summed E-state index contributed by atoms with van der Waals surface area (Å²) in [4.78, 5) is 23.3. The Morgan fingerprint density at radius 1 is 1.43 bits per heavy atom. The molecule has 21 heavy (non-hydrogen) atoms. The van der Waals surface area contributed by atoms with Gasteiger partial charge < -0.3 is 15.2 Å². The number of aliphatic hydroxyl groups excluding tert-OH is 1. The molecule has 5 nitrogen and oxygen atoms in total. The maximum absolute atomic E-state index is 12.2. The highest BCUT2D eigenvalue weighted by atomic mass is 16.5. The van der Waals surface area contributed by atoms with Crippen LogP contribution in [-0.2, 0) is 20.7 Å². The number of ether oxygens (including phenoxy) is 1. The van der Waals surface area contributed by atoms with E-state index in [-0.39, 0.29) is 18.4 Å². The van der Waals surface area contributed by atoms with Gasteiger partial charge in [0.05, 0.1) is 13.7 Å². The maximum Gasteiger partial charge on any atom is 0.336 e. The Bertz CT molecular complexity index is 571. The number of aryl methyl sites for hydroxylation is 1. The van der Waals surface area contributed by atoms with Crippen molar-refractivity contribution in [3.05, 3.63) is 35.4 Å². The van der Waals surface area contributed by atoms with Crippen LogP contribution in [0.5, 0.6) is 0 Å². The lowest BCUT2D eigenvalue weighted by atomic mass is 9.92. The fourth-order valence-corrected chi connectivity index (χ4v) is 3.46. The van der Waals surface area contributed by atoms with Gasteiger partial charge in [-0.25, -0.2) is 4.79 Å². The van der Waals surface area contributed by atoms with Crippen LogP contribution in [-0.4, -0.2) is 36.7 Å². The molecule has 0 radical (unpaired) electrons. The molecule has 4 atom stereocenters. The summed E-state index contributed by atoms with van der Waals surface area (Å²) in [5.41, 5.74) is 2.62. The third-order valence-electron chi connectivity index (χ3n) is 4.58. The molecule has 2 N–H and O–H groups in total. The van der Waals surface area contributed by atoms with Crippen molar-refractivity contribution in [2.45, 2.75) is 24.9 Å². The van der Waals surface area contributed by atoms with Crippen molar-refractivity contribution >= 4 is 11.9 Å². The van der Waals surface area contributed by atoms with E-state index < -0.39 is 12.1 Å². The van der Waals surface area contributed by atoms with E-state index in [0.29, 0.717) is 11.8 Å². The van der Waals surface area contributed by atoms with Crippen LogP contribution >= 0.6 is 0 Å². The Hall–Kier alpha value is -1.88. The number of hydrogen-bond acceptors (Lipinski definition) is 4. The van der Waals surface area contributed by atoms with E-state index in [9.17, 15) is 14.7 Å². The molecule has 1 saturated carbocycles. The molecule has 0 aromatic heterocycles. The number of benzene rings is 1. The van der Waals surface area contributed by atoms with Gasteiger partial charge in [0.2, 0.25) is 5.91 Å². The smallest absolute Gasteiger partial charge is 0.336 e. The summed E-state index contributed by atoms with van der Waals surface area (Å²) in [6.45, 7) is -0.0942. The summed E-state index contributed by atoms with van der Waals surface area (Å²) in [6, 6.07) is 8.27. The van der Waals surface area contributed by atoms with E-state index in [2.05, 4.69) is 22.2 Å². The molecule has 5 heteroatoms. The van der Waals surface area contributed by atoms with Crippen LogP contribution in [0.1, 0.15) is 23.5 Å². The Kier molecular flexibility index (Phi) is 3.68. The highest BCUT2D eigenvalue weighted by Gasteiger charge is 2.56. The molecule has 1 aromatic rings. The second kappa shape index (κ2) is 5.48. The van der Waals surface area contributed by atoms with Crippen LogP contribution in [0.2, 0.25) is 0 Å². The maximum atomic E-state index is 12.2. The van der Waals surface area contributed by atoms with Crippen molar-refractivity contribution in [2.24, 2.45) is 11.8 Å². The molecule has 2 aliphatic rings. The molecule has 1 amide bonds. The Morgan fingerprint density at radius 3 is 2.95 bits per heavy atom. The Labute approximate surface area is 123 Å². The van der Waals surface area contributed by atoms with Crippen molar-refractivity contribution < 1.29 is 19.4 Å². The molecule has 3 rings (SSSR count). The third kappa shape index (κ3) is 2.53. The minimum Gasteiger partial charge on any atom is -0.467 e. The van der Waals surface area contributed by atoms with Crippen molar-refractivity contribution in [1.29, 1.82) is 0 Å². The molecule has 0 aliphatic heterocycles. The van der Waals surface area contributed by atoms with Gasteiger partial charge in [0, 0.05) is 5.92 Å². The Balaban J connectivity index is 1.60. The summed E-state index contributed by atoms with van der Waals surface area (Å²) < 4.78 is 4.42. The molecular formula is C16H19NO4. The second-order valence-electron chi connectivity index (χ2n) is 5.74. The van der Waals surface area contributed by atoms with Gasteiger partial charge in [-0.1, -0.05) is 24.3 Å². The van der Waals surface area contributed by atoms with Gasteiger partial charge in [-0.3, -0.25) is 4.79 Å². The van der Waals surface area contributed by atoms with Crippen LogP contribution in [0, 0.1) is 11.8 Å². The van der Waals surface area contributed by atoms with Gasteiger partial charge >= 0.3 is 5.97 Å². The SMILES string of the molecule is COC(=O)C(O)CNC(=O)C1C2CCc3ccccc3C21. The van der Waals surface area contributed by atoms with Gasteiger partial charge in [-0.2, -0.15) is 0 Å². The fraction of sp³-hybridized carbons (Fsp3) is 0.500. The standard InChI is InChI=1S/C16H19NO4/c1-21-16(20)12(18)8-17-15(19)14-11-7-6-9-4-2-3-5-10(9)13(11)14/h2-5,11-14,18H,6-8H2,1H3,(H,17,19). The average molecular weight is 289 g/mol. The lowest BCUT2D eigenvalue weighted by molar-refractivity contribution is -0.150. The number of nitrogens with one attached hydrogen (secondary N) is 1. The number of aliphatic hydroxyl groups is 1. The van der Waals surface area contributed by atoms with E-state index in [1.54, 1.807) is 0 Å². The number of fused-ring (bicyclic) bond motifs is 3. The molecule has 4 unspecified atom stereocenters. The van der Waals surface area contributed by atoms with Crippen LogP contribution in [0.4, 0.5) is 0 Å². The topological polar surface area (TPSA) is 75.6 Å². The van der Waals surface area contributed by atoms with Gasteiger partial charge in [-0.05, 0) is 35.8 Å². The highest BCUT2D eigenvalue weighted by molar-refractivity contribution is 5.85. The van der Waals surface area contributed by atoms with E-state index in [1.807, 2.05) is 12.1 Å². The lowest BCUT2D eigenvalue weighted by Crippen LogP contribution is -2.38. The number of esters is 1. The van der Waals surface area contributed by atoms with Crippen LogP contribution in [0.15, 0.2) is 24.3 Å². The molecule has 2 aliphatic carbocycles. The van der Waals surface area contributed by atoms with Crippen molar-refractivity contribution in [1.82, 2.24) is 5.32 Å². The molecule has 1 aromatic carbocycles. The zero-order chi connectivity index (χ0) is 15.0. The minimum atomic E-state index is -1.30. The number of hydrogen-bond donors (Lipinski definition) is 2. The van der Waals surface area contributed by atoms with Crippen molar-refractivity contribution in [2.75, 3.05) is 13.7 Å². The first-order chi connectivity index (χ1) is 10.1. The van der Waals surface area contributed by atoms with E-state index in [4.69, 9.17) is 0 Å². The summed E-state index contributed by atoms with van der Waals surface area (Å²) >= 11 is 0. The van der Waals surface area contributed by atoms with Gasteiger partial charge in [-0.15, -0.1) is 0 Å². The first-order valence-electron chi connectivity index (χ1n) is 7.25. The number of carbonyl (C=O) groups is 2. The zero-order valence-corrected chi connectivity index (χ0v) is 11.9. The molecule has 0 heterocycles. The van der Waals surface area contributed by atoms with E-state index in [1.165, 1.54) is 18.2 Å². The average Bonchev–Trinajstić information content (AvgIpc) is 3.26. The van der Waals surface area contributed by atoms with Gasteiger partial charge in [0.25, 0.3) is 0 Å². The number of rotatable bonds is 4. The Morgan fingerprint density at radius 2 is 2.19 bits per heavy atom. The van der Waals surface area contributed by atoms with E-state index in [0.717, 1.165) is 12.8 Å². The van der Waals surface area contributed by atoms with Crippen molar-refractivity contribution in [3.8, 4) is 0 Å². The van der Waals surface area contributed by atoms with Gasteiger partial charge in [0.1, 0.15) is 0 Å².